The molecule has 4 rings (SSSR count). The van der Waals surface area contributed by atoms with Crippen LogP contribution in [0.3, 0.4) is 0 Å². The molecule has 0 aliphatic carbocycles. The van der Waals surface area contributed by atoms with Crippen LogP contribution in [0, 0.1) is 6.92 Å². The van der Waals surface area contributed by atoms with Gasteiger partial charge in [-0.15, -0.1) is 0 Å². The minimum atomic E-state index is -0.407. The zero-order valence-corrected chi connectivity index (χ0v) is 15.9. The first-order valence-electron chi connectivity index (χ1n) is 8.69. The molecule has 0 bridgehead atoms. The van der Waals surface area contributed by atoms with Crippen molar-refractivity contribution in [2.45, 2.75) is 25.2 Å². The van der Waals surface area contributed by atoms with E-state index in [2.05, 4.69) is 15.3 Å². The Morgan fingerprint density at radius 1 is 1.18 bits per heavy atom. The summed E-state index contributed by atoms with van der Waals surface area (Å²) in [5, 5.41) is 1.57. The molecule has 1 aliphatic rings. The van der Waals surface area contributed by atoms with E-state index in [0.29, 0.717) is 29.6 Å². The first kappa shape index (κ1) is 18.2. The molecule has 1 fully saturated rings. The second kappa shape index (κ2) is 7.85. The predicted molar refractivity (Wildman–Crippen MR) is 104 cm³/mol. The molecule has 1 aliphatic heterocycles. The number of amides is 2. The smallest absolute Gasteiger partial charge is 0.286 e. The second-order valence-electron chi connectivity index (χ2n) is 6.27. The first-order valence-corrected chi connectivity index (χ1v) is 9.57. The van der Waals surface area contributed by atoms with Gasteiger partial charge in [0.05, 0.1) is 5.25 Å². The Morgan fingerprint density at radius 2 is 2.00 bits per heavy atom. The van der Waals surface area contributed by atoms with Crippen molar-refractivity contribution in [3.63, 3.8) is 0 Å². The molecule has 2 amide bonds. The molecule has 1 saturated heterocycles. The van der Waals surface area contributed by atoms with Gasteiger partial charge >= 0.3 is 0 Å². The molecule has 1 unspecified atom stereocenters. The first-order chi connectivity index (χ1) is 13.6. The molecule has 1 atom stereocenters. The summed E-state index contributed by atoms with van der Waals surface area (Å²) in [5.41, 5.74) is 2.48. The van der Waals surface area contributed by atoms with Crippen LogP contribution in [0.25, 0.3) is 11.5 Å². The lowest BCUT2D eigenvalue weighted by atomic mass is 10.1. The number of hydrogen-bond acceptors (Lipinski definition) is 7. The van der Waals surface area contributed by atoms with Crippen LogP contribution in [0.2, 0.25) is 0 Å². The second-order valence-corrected chi connectivity index (χ2v) is 7.44. The third-order valence-electron chi connectivity index (χ3n) is 4.26. The molecular formula is C20H17N3O4S. The fourth-order valence-electron chi connectivity index (χ4n) is 2.77. The van der Waals surface area contributed by atoms with Gasteiger partial charge in [0.15, 0.2) is 0 Å². The summed E-state index contributed by atoms with van der Waals surface area (Å²) in [5.74, 6) is 1.45. The number of ether oxygens (including phenoxy) is 1. The normalized spacial score (nSPS) is 16.2. The molecule has 142 valence electrons. The number of nitrogens with zero attached hydrogens (tertiary/aromatic N) is 2. The topological polar surface area (TPSA) is 94.3 Å². The maximum atomic E-state index is 11.6. The summed E-state index contributed by atoms with van der Waals surface area (Å²) >= 11 is 1.00. The van der Waals surface area contributed by atoms with Gasteiger partial charge in [0.1, 0.15) is 18.1 Å². The van der Waals surface area contributed by atoms with Gasteiger partial charge in [0, 0.05) is 17.8 Å². The van der Waals surface area contributed by atoms with Crippen molar-refractivity contribution in [2.24, 2.45) is 0 Å². The van der Waals surface area contributed by atoms with Crippen LogP contribution < -0.4 is 10.1 Å². The number of pyridine rings is 1. The van der Waals surface area contributed by atoms with Crippen LogP contribution in [-0.2, 0) is 17.8 Å². The molecule has 0 saturated carbocycles. The number of nitrogens with one attached hydrogen (secondary N) is 1. The molecule has 0 radical (unpaired) electrons. The lowest BCUT2D eigenvalue weighted by Crippen LogP contribution is -2.25. The molecule has 1 aromatic carbocycles. The van der Waals surface area contributed by atoms with Gasteiger partial charge in [-0.1, -0.05) is 36.0 Å². The zero-order chi connectivity index (χ0) is 19.5. The van der Waals surface area contributed by atoms with E-state index in [4.69, 9.17) is 9.15 Å². The third kappa shape index (κ3) is 4.07. The standard InChI is InChI=1S/C20H17N3O4S/c1-12-15(22-19(27-12)14-5-3-2-4-6-14)11-26-17-8-7-13(10-21-17)9-16-18(24)23-20(25)28-16/h2-8,10,16H,9,11H2,1H3,(H,23,24,25). The highest BCUT2D eigenvalue weighted by Gasteiger charge is 2.31. The molecule has 8 heteroatoms. The van der Waals surface area contributed by atoms with E-state index in [1.54, 1.807) is 12.3 Å². The van der Waals surface area contributed by atoms with Crippen LogP contribution in [0.5, 0.6) is 5.88 Å². The summed E-state index contributed by atoms with van der Waals surface area (Å²) in [6.45, 7) is 2.09. The van der Waals surface area contributed by atoms with E-state index in [9.17, 15) is 9.59 Å². The molecule has 3 aromatic rings. The van der Waals surface area contributed by atoms with Crippen LogP contribution in [0.15, 0.2) is 53.1 Å². The fourth-order valence-corrected chi connectivity index (χ4v) is 3.63. The maximum absolute atomic E-state index is 11.6. The zero-order valence-electron chi connectivity index (χ0n) is 15.0. The minimum Gasteiger partial charge on any atom is -0.471 e. The molecule has 7 nitrogen and oxygen atoms in total. The highest BCUT2D eigenvalue weighted by atomic mass is 32.2. The number of aryl methyl sites for hydroxylation is 1. The van der Waals surface area contributed by atoms with Gasteiger partial charge in [-0.25, -0.2) is 9.97 Å². The number of rotatable bonds is 6. The van der Waals surface area contributed by atoms with Crippen molar-refractivity contribution >= 4 is 22.9 Å². The van der Waals surface area contributed by atoms with Crippen molar-refractivity contribution in [3.8, 4) is 17.3 Å². The molecule has 28 heavy (non-hydrogen) atoms. The lowest BCUT2D eigenvalue weighted by Gasteiger charge is -2.07. The van der Waals surface area contributed by atoms with E-state index in [0.717, 1.165) is 22.9 Å². The molecule has 3 heterocycles. The van der Waals surface area contributed by atoms with Crippen molar-refractivity contribution in [3.05, 3.63) is 65.7 Å². The Hall–Kier alpha value is -3.13. The maximum Gasteiger partial charge on any atom is 0.286 e. The van der Waals surface area contributed by atoms with E-state index in [1.807, 2.05) is 43.3 Å². The van der Waals surface area contributed by atoms with Gasteiger partial charge in [0.2, 0.25) is 17.7 Å². The highest BCUT2D eigenvalue weighted by molar-refractivity contribution is 8.15. The Bertz CT molecular complexity index is 1000. The van der Waals surface area contributed by atoms with Crippen LogP contribution in [0.4, 0.5) is 4.79 Å². The number of hydrogen-bond donors (Lipinski definition) is 1. The minimum absolute atomic E-state index is 0.240. The average Bonchev–Trinajstić information content (AvgIpc) is 3.23. The molecular weight excluding hydrogens is 378 g/mol. The number of benzene rings is 1. The van der Waals surface area contributed by atoms with E-state index in [1.165, 1.54) is 0 Å². The SMILES string of the molecule is Cc1oc(-c2ccccc2)nc1COc1ccc(CC2SC(=O)NC2=O)cn1. The Labute approximate surface area is 165 Å². The van der Waals surface area contributed by atoms with E-state index in [-0.39, 0.29) is 17.8 Å². The van der Waals surface area contributed by atoms with Crippen molar-refractivity contribution in [1.82, 2.24) is 15.3 Å². The monoisotopic (exact) mass is 395 g/mol. The molecule has 0 spiro atoms. The predicted octanol–water partition coefficient (Wildman–Crippen LogP) is 3.52. The van der Waals surface area contributed by atoms with Crippen LogP contribution in [0.1, 0.15) is 17.0 Å². The summed E-state index contributed by atoms with van der Waals surface area (Å²) < 4.78 is 11.4. The number of imide groups is 1. The van der Waals surface area contributed by atoms with Gasteiger partial charge in [-0.05, 0) is 31.0 Å². The summed E-state index contributed by atoms with van der Waals surface area (Å²) in [4.78, 5) is 31.6. The summed E-state index contributed by atoms with van der Waals surface area (Å²) in [6, 6.07) is 13.3. The number of carbonyl (C=O) groups is 2. The van der Waals surface area contributed by atoms with E-state index < -0.39 is 5.25 Å². The number of aromatic nitrogens is 2. The highest BCUT2D eigenvalue weighted by Crippen LogP contribution is 2.24. The lowest BCUT2D eigenvalue weighted by molar-refractivity contribution is -0.118. The fraction of sp³-hybridized carbons (Fsp3) is 0.200. The van der Waals surface area contributed by atoms with Crippen molar-refractivity contribution in [2.75, 3.05) is 0 Å². The summed E-state index contributed by atoms with van der Waals surface area (Å²) in [7, 11) is 0. The van der Waals surface area contributed by atoms with Crippen LogP contribution >= 0.6 is 11.8 Å². The number of carbonyl (C=O) groups excluding carboxylic acids is 2. The Kier molecular flexibility index (Phi) is 5.12. The van der Waals surface area contributed by atoms with Crippen LogP contribution in [-0.4, -0.2) is 26.4 Å². The quantitative estimate of drug-likeness (QED) is 0.682. The number of thioether (sulfide) groups is 1. The van der Waals surface area contributed by atoms with Gasteiger partial charge < -0.3 is 9.15 Å². The van der Waals surface area contributed by atoms with Gasteiger partial charge in [-0.2, -0.15) is 0 Å². The Morgan fingerprint density at radius 3 is 2.68 bits per heavy atom. The van der Waals surface area contributed by atoms with E-state index >= 15 is 0 Å². The van der Waals surface area contributed by atoms with Crippen molar-refractivity contribution in [1.29, 1.82) is 0 Å². The van der Waals surface area contributed by atoms with Crippen molar-refractivity contribution < 1.29 is 18.7 Å². The van der Waals surface area contributed by atoms with Gasteiger partial charge in [-0.3, -0.25) is 14.9 Å². The molecule has 1 N–H and O–H groups in total. The summed E-state index contributed by atoms with van der Waals surface area (Å²) in [6.07, 6.45) is 2.09. The third-order valence-corrected chi connectivity index (χ3v) is 5.24. The average molecular weight is 395 g/mol. The molecule has 2 aromatic heterocycles. The van der Waals surface area contributed by atoms with Gasteiger partial charge in [0.25, 0.3) is 5.24 Å². The Balaban J connectivity index is 1.37. The number of oxazole rings is 1. The largest absolute Gasteiger partial charge is 0.471 e.